The Hall–Kier alpha value is -1.88. The van der Waals surface area contributed by atoms with Crippen molar-refractivity contribution in [2.24, 2.45) is 0 Å². The predicted octanol–water partition coefficient (Wildman–Crippen LogP) is 3.08. The number of aromatic nitrogens is 4. The summed E-state index contributed by atoms with van der Waals surface area (Å²) >= 11 is 6.19. The molecule has 1 heterocycles. The molecule has 1 aromatic carbocycles. The van der Waals surface area contributed by atoms with E-state index in [0.717, 1.165) is 24.2 Å². The first-order valence-corrected chi connectivity index (χ1v) is 6.49. The van der Waals surface area contributed by atoms with Crippen LogP contribution in [-0.2, 0) is 0 Å². The molecule has 19 heavy (non-hydrogen) atoms. The van der Waals surface area contributed by atoms with E-state index in [1.54, 1.807) is 11.0 Å². The summed E-state index contributed by atoms with van der Waals surface area (Å²) in [5, 5.41) is 15.2. The molecule has 0 aliphatic heterocycles. The summed E-state index contributed by atoms with van der Waals surface area (Å²) in [5.74, 6) is 0. The van der Waals surface area contributed by atoms with Crippen molar-refractivity contribution < 1.29 is 0 Å². The Morgan fingerprint density at radius 3 is 3.05 bits per heavy atom. The van der Waals surface area contributed by atoms with Gasteiger partial charge in [0.2, 0.25) is 0 Å². The van der Waals surface area contributed by atoms with Gasteiger partial charge in [0, 0.05) is 6.04 Å². The highest BCUT2D eigenvalue weighted by atomic mass is 35.5. The minimum atomic E-state index is 0.319. The molecule has 0 saturated carbocycles. The van der Waals surface area contributed by atoms with E-state index in [4.69, 9.17) is 11.6 Å². The van der Waals surface area contributed by atoms with E-state index >= 15 is 0 Å². The van der Waals surface area contributed by atoms with E-state index in [1.165, 1.54) is 0 Å². The van der Waals surface area contributed by atoms with Gasteiger partial charge in [-0.3, -0.25) is 0 Å². The Bertz CT molecular complexity index is 538. The second kappa shape index (κ2) is 6.33. The van der Waals surface area contributed by atoms with Crippen LogP contribution >= 0.6 is 11.6 Å². The molecule has 1 aromatic heterocycles. The molecule has 1 atom stereocenters. The first-order chi connectivity index (χ1) is 9.20. The fourth-order valence-corrected chi connectivity index (χ4v) is 1.92. The van der Waals surface area contributed by atoms with Crippen LogP contribution in [0.1, 0.15) is 19.8 Å². The molecule has 1 N–H and O–H groups in total. The van der Waals surface area contributed by atoms with Crippen molar-refractivity contribution >= 4 is 17.3 Å². The standard InChI is InChI=1S/C13H16ClN5/c1-3-4-5-10(2)16-13-8-11(6-7-12(13)14)19-9-15-17-18-19/h3,6-10,16H,1,4-5H2,2H3. The fourth-order valence-electron chi connectivity index (χ4n) is 1.75. The molecule has 0 radical (unpaired) electrons. The van der Waals surface area contributed by atoms with Gasteiger partial charge in [0.1, 0.15) is 6.33 Å². The summed E-state index contributed by atoms with van der Waals surface area (Å²) in [5.41, 5.74) is 1.75. The van der Waals surface area contributed by atoms with Crippen molar-refractivity contribution in [3.8, 4) is 5.69 Å². The van der Waals surface area contributed by atoms with Gasteiger partial charge in [-0.05, 0) is 48.4 Å². The number of allylic oxidation sites excluding steroid dienone is 1. The molecule has 1 unspecified atom stereocenters. The molecule has 5 nitrogen and oxygen atoms in total. The van der Waals surface area contributed by atoms with Gasteiger partial charge in [-0.25, -0.2) is 4.68 Å². The van der Waals surface area contributed by atoms with Crippen molar-refractivity contribution in [3.63, 3.8) is 0 Å². The highest BCUT2D eigenvalue weighted by molar-refractivity contribution is 6.33. The first kappa shape index (κ1) is 13.5. The number of rotatable bonds is 6. The lowest BCUT2D eigenvalue weighted by Crippen LogP contribution is -2.15. The van der Waals surface area contributed by atoms with Crippen LogP contribution in [0.2, 0.25) is 5.02 Å². The van der Waals surface area contributed by atoms with E-state index in [2.05, 4.69) is 34.3 Å². The summed E-state index contributed by atoms with van der Waals surface area (Å²) in [6, 6.07) is 5.96. The molecule has 6 heteroatoms. The van der Waals surface area contributed by atoms with Crippen molar-refractivity contribution in [2.75, 3.05) is 5.32 Å². The second-order valence-corrected chi connectivity index (χ2v) is 4.74. The Morgan fingerprint density at radius 2 is 2.37 bits per heavy atom. The third-order valence-electron chi connectivity index (χ3n) is 2.77. The van der Waals surface area contributed by atoms with Crippen molar-refractivity contribution in [3.05, 3.63) is 42.2 Å². The maximum absolute atomic E-state index is 6.19. The van der Waals surface area contributed by atoms with Gasteiger partial charge in [0.05, 0.1) is 16.4 Å². The van der Waals surface area contributed by atoms with Crippen LogP contribution in [0, 0.1) is 0 Å². The number of benzene rings is 1. The molecule has 0 amide bonds. The van der Waals surface area contributed by atoms with E-state index in [1.807, 2.05) is 24.3 Å². The summed E-state index contributed by atoms with van der Waals surface area (Å²) in [7, 11) is 0. The average molecular weight is 278 g/mol. The molecule has 2 rings (SSSR count). The lowest BCUT2D eigenvalue weighted by molar-refractivity contribution is 0.718. The zero-order chi connectivity index (χ0) is 13.7. The minimum Gasteiger partial charge on any atom is -0.381 e. The van der Waals surface area contributed by atoms with Crippen LogP contribution in [0.4, 0.5) is 5.69 Å². The van der Waals surface area contributed by atoms with Crippen LogP contribution in [0.15, 0.2) is 37.2 Å². The third-order valence-corrected chi connectivity index (χ3v) is 3.10. The van der Waals surface area contributed by atoms with Crippen molar-refractivity contribution in [2.45, 2.75) is 25.8 Å². The third kappa shape index (κ3) is 3.54. The number of hydrogen-bond acceptors (Lipinski definition) is 4. The Labute approximate surface area is 117 Å². The van der Waals surface area contributed by atoms with Gasteiger partial charge in [-0.2, -0.15) is 0 Å². The van der Waals surface area contributed by atoms with Crippen LogP contribution < -0.4 is 5.32 Å². The van der Waals surface area contributed by atoms with Gasteiger partial charge >= 0.3 is 0 Å². The maximum atomic E-state index is 6.19. The zero-order valence-electron chi connectivity index (χ0n) is 10.8. The summed E-state index contributed by atoms with van der Waals surface area (Å²) in [6.45, 7) is 5.84. The van der Waals surface area contributed by atoms with Crippen molar-refractivity contribution in [1.82, 2.24) is 20.2 Å². The highest BCUT2D eigenvalue weighted by Gasteiger charge is 2.07. The summed E-state index contributed by atoms with van der Waals surface area (Å²) in [6.07, 6.45) is 5.44. The van der Waals surface area contributed by atoms with Gasteiger partial charge in [-0.15, -0.1) is 11.7 Å². The molecule has 0 fully saturated rings. The number of anilines is 1. The van der Waals surface area contributed by atoms with Crippen LogP contribution in [-0.4, -0.2) is 26.2 Å². The average Bonchev–Trinajstić information content (AvgIpc) is 2.93. The van der Waals surface area contributed by atoms with Crippen LogP contribution in [0.3, 0.4) is 0 Å². The summed E-state index contributed by atoms with van der Waals surface area (Å²) < 4.78 is 1.59. The van der Waals surface area contributed by atoms with Crippen LogP contribution in [0.5, 0.6) is 0 Å². The summed E-state index contributed by atoms with van der Waals surface area (Å²) in [4.78, 5) is 0. The quantitative estimate of drug-likeness (QED) is 0.825. The normalized spacial score (nSPS) is 12.1. The van der Waals surface area contributed by atoms with Crippen LogP contribution in [0.25, 0.3) is 5.69 Å². The van der Waals surface area contributed by atoms with Gasteiger partial charge in [0.25, 0.3) is 0 Å². The number of nitrogens with zero attached hydrogens (tertiary/aromatic N) is 4. The Balaban J connectivity index is 2.15. The topological polar surface area (TPSA) is 55.6 Å². The maximum Gasteiger partial charge on any atom is 0.143 e. The van der Waals surface area contributed by atoms with Crippen molar-refractivity contribution in [1.29, 1.82) is 0 Å². The lowest BCUT2D eigenvalue weighted by atomic mass is 10.1. The molecular weight excluding hydrogens is 262 g/mol. The molecule has 100 valence electrons. The molecule has 0 bridgehead atoms. The SMILES string of the molecule is C=CCCC(C)Nc1cc(-n2cnnn2)ccc1Cl. The molecule has 0 saturated heterocycles. The predicted molar refractivity (Wildman–Crippen MR) is 76.7 cm³/mol. The van der Waals surface area contributed by atoms with Gasteiger partial charge < -0.3 is 5.32 Å². The fraction of sp³-hybridized carbons (Fsp3) is 0.308. The highest BCUT2D eigenvalue weighted by Crippen LogP contribution is 2.25. The lowest BCUT2D eigenvalue weighted by Gasteiger charge is -2.16. The number of tetrazole rings is 1. The van der Waals surface area contributed by atoms with Gasteiger partial charge in [0.15, 0.2) is 0 Å². The largest absolute Gasteiger partial charge is 0.381 e. The van der Waals surface area contributed by atoms with Gasteiger partial charge in [-0.1, -0.05) is 17.7 Å². The second-order valence-electron chi connectivity index (χ2n) is 4.33. The molecule has 2 aromatic rings. The molecule has 0 aliphatic rings. The van der Waals surface area contributed by atoms with E-state index in [0.29, 0.717) is 11.1 Å². The molecule has 0 aliphatic carbocycles. The minimum absolute atomic E-state index is 0.319. The number of hydrogen-bond donors (Lipinski definition) is 1. The Morgan fingerprint density at radius 1 is 1.53 bits per heavy atom. The number of nitrogens with one attached hydrogen (secondary N) is 1. The smallest absolute Gasteiger partial charge is 0.143 e. The molecular formula is C13H16ClN5. The number of halogens is 1. The van der Waals surface area contributed by atoms with E-state index in [9.17, 15) is 0 Å². The monoisotopic (exact) mass is 277 g/mol. The first-order valence-electron chi connectivity index (χ1n) is 6.11. The van der Waals surface area contributed by atoms with E-state index < -0.39 is 0 Å². The molecule has 0 spiro atoms. The zero-order valence-corrected chi connectivity index (χ0v) is 11.5. The Kier molecular flexibility index (Phi) is 4.52. The van der Waals surface area contributed by atoms with E-state index in [-0.39, 0.29) is 0 Å².